The third kappa shape index (κ3) is 2.54. The van der Waals surface area contributed by atoms with Gasteiger partial charge in [-0.05, 0) is 12.1 Å². The molecule has 0 aliphatic heterocycles. The number of benzene rings is 1. The second kappa shape index (κ2) is 5.42. The minimum Gasteiger partial charge on any atom is -0.475 e. The van der Waals surface area contributed by atoms with Gasteiger partial charge >= 0.3 is 5.97 Å². The van der Waals surface area contributed by atoms with E-state index in [-0.39, 0.29) is 11.7 Å². The lowest BCUT2D eigenvalue weighted by molar-refractivity contribution is 0.0682. The second-order valence-corrected chi connectivity index (χ2v) is 3.52. The Morgan fingerprint density at radius 2 is 2.06 bits per heavy atom. The number of aromatic nitrogens is 2. The fourth-order valence-electron chi connectivity index (χ4n) is 1.47. The zero-order chi connectivity index (χ0) is 13.0. The highest BCUT2D eigenvalue weighted by Crippen LogP contribution is 2.22. The SMILES string of the molecule is COCCOc1nc(C(=O)O)nc2ccccc12. The van der Waals surface area contributed by atoms with Gasteiger partial charge in [-0.3, -0.25) is 0 Å². The first kappa shape index (κ1) is 12.3. The van der Waals surface area contributed by atoms with Gasteiger partial charge in [0.1, 0.15) is 6.61 Å². The van der Waals surface area contributed by atoms with Crippen LogP contribution in [-0.2, 0) is 4.74 Å². The average molecular weight is 248 g/mol. The smallest absolute Gasteiger partial charge is 0.374 e. The lowest BCUT2D eigenvalue weighted by Crippen LogP contribution is -2.10. The van der Waals surface area contributed by atoms with Crippen molar-refractivity contribution in [2.75, 3.05) is 20.3 Å². The van der Waals surface area contributed by atoms with E-state index < -0.39 is 5.97 Å². The molecule has 0 saturated carbocycles. The molecule has 0 saturated heterocycles. The van der Waals surface area contributed by atoms with E-state index in [1.54, 1.807) is 25.3 Å². The number of carboxylic acids is 1. The van der Waals surface area contributed by atoms with Crippen LogP contribution in [0, 0.1) is 0 Å². The van der Waals surface area contributed by atoms with Gasteiger partial charge < -0.3 is 14.6 Å². The first-order valence-corrected chi connectivity index (χ1v) is 5.34. The molecular weight excluding hydrogens is 236 g/mol. The second-order valence-electron chi connectivity index (χ2n) is 3.52. The molecule has 1 aromatic carbocycles. The monoisotopic (exact) mass is 248 g/mol. The molecule has 0 aliphatic carbocycles. The molecule has 0 radical (unpaired) electrons. The van der Waals surface area contributed by atoms with E-state index in [1.165, 1.54) is 0 Å². The van der Waals surface area contributed by atoms with Crippen molar-refractivity contribution in [2.45, 2.75) is 0 Å². The Kier molecular flexibility index (Phi) is 3.69. The molecule has 0 aliphatic rings. The number of carbonyl (C=O) groups is 1. The van der Waals surface area contributed by atoms with Gasteiger partial charge in [-0.15, -0.1) is 0 Å². The molecule has 0 bridgehead atoms. The van der Waals surface area contributed by atoms with Crippen LogP contribution in [-0.4, -0.2) is 41.4 Å². The number of para-hydroxylation sites is 1. The van der Waals surface area contributed by atoms with E-state index in [1.807, 2.05) is 6.07 Å². The highest BCUT2D eigenvalue weighted by Gasteiger charge is 2.13. The van der Waals surface area contributed by atoms with Crippen LogP contribution in [0.3, 0.4) is 0 Å². The quantitative estimate of drug-likeness (QED) is 0.804. The number of fused-ring (bicyclic) bond motifs is 1. The normalized spacial score (nSPS) is 10.5. The summed E-state index contributed by atoms with van der Waals surface area (Å²) in [6, 6.07) is 7.09. The molecule has 0 amide bonds. The maximum Gasteiger partial charge on any atom is 0.374 e. The lowest BCUT2D eigenvalue weighted by Gasteiger charge is -2.08. The van der Waals surface area contributed by atoms with Crippen LogP contribution in [0.15, 0.2) is 24.3 Å². The van der Waals surface area contributed by atoms with Crippen molar-refractivity contribution >= 4 is 16.9 Å². The molecule has 18 heavy (non-hydrogen) atoms. The number of methoxy groups -OCH3 is 1. The molecule has 2 rings (SSSR count). The largest absolute Gasteiger partial charge is 0.475 e. The molecule has 6 nitrogen and oxygen atoms in total. The molecule has 0 unspecified atom stereocenters. The predicted octanol–water partition coefficient (Wildman–Crippen LogP) is 1.35. The zero-order valence-corrected chi connectivity index (χ0v) is 9.79. The average Bonchev–Trinajstić information content (AvgIpc) is 2.38. The van der Waals surface area contributed by atoms with Crippen molar-refractivity contribution in [3.05, 3.63) is 30.1 Å². The molecule has 0 atom stereocenters. The van der Waals surface area contributed by atoms with E-state index in [9.17, 15) is 4.79 Å². The molecular formula is C12H12N2O4. The van der Waals surface area contributed by atoms with Crippen LogP contribution in [0.5, 0.6) is 5.88 Å². The maximum absolute atomic E-state index is 10.9. The van der Waals surface area contributed by atoms with E-state index in [4.69, 9.17) is 14.6 Å². The van der Waals surface area contributed by atoms with Crippen molar-refractivity contribution < 1.29 is 19.4 Å². The van der Waals surface area contributed by atoms with Crippen LogP contribution in [0.2, 0.25) is 0 Å². The number of ether oxygens (including phenoxy) is 2. The van der Waals surface area contributed by atoms with Gasteiger partial charge in [-0.25, -0.2) is 9.78 Å². The fraction of sp³-hybridized carbons (Fsp3) is 0.250. The van der Waals surface area contributed by atoms with E-state index in [2.05, 4.69) is 9.97 Å². The van der Waals surface area contributed by atoms with Gasteiger partial charge in [-0.1, -0.05) is 12.1 Å². The number of rotatable bonds is 5. The summed E-state index contributed by atoms with van der Waals surface area (Å²) in [5.74, 6) is -1.20. The summed E-state index contributed by atoms with van der Waals surface area (Å²) in [6.07, 6.45) is 0. The summed E-state index contributed by atoms with van der Waals surface area (Å²) in [7, 11) is 1.56. The number of nitrogens with zero attached hydrogens (tertiary/aromatic N) is 2. The van der Waals surface area contributed by atoms with Crippen LogP contribution < -0.4 is 4.74 Å². The van der Waals surface area contributed by atoms with Crippen LogP contribution in [0.25, 0.3) is 10.9 Å². The third-order valence-electron chi connectivity index (χ3n) is 2.29. The Morgan fingerprint density at radius 1 is 1.28 bits per heavy atom. The first-order valence-electron chi connectivity index (χ1n) is 5.34. The molecule has 1 N–H and O–H groups in total. The Hall–Kier alpha value is -2.21. The van der Waals surface area contributed by atoms with Gasteiger partial charge in [0.2, 0.25) is 11.7 Å². The summed E-state index contributed by atoms with van der Waals surface area (Å²) in [6.45, 7) is 0.706. The number of hydrogen-bond acceptors (Lipinski definition) is 5. The highest BCUT2D eigenvalue weighted by molar-refractivity contribution is 5.89. The number of aromatic carboxylic acids is 1. The van der Waals surface area contributed by atoms with E-state index >= 15 is 0 Å². The summed E-state index contributed by atoms with van der Waals surface area (Å²) >= 11 is 0. The Labute approximate surface area is 103 Å². The summed E-state index contributed by atoms with van der Waals surface area (Å²) < 4.78 is 10.3. The van der Waals surface area contributed by atoms with Crippen LogP contribution in [0.4, 0.5) is 0 Å². The van der Waals surface area contributed by atoms with Crippen molar-refractivity contribution in [3.8, 4) is 5.88 Å². The van der Waals surface area contributed by atoms with Crippen molar-refractivity contribution in [1.82, 2.24) is 9.97 Å². The summed E-state index contributed by atoms with van der Waals surface area (Å²) in [5.41, 5.74) is 0.539. The molecule has 2 aromatic rings. The van der Waals surface area contributed by atoms with E-state index in [0.29, 0.717) is 24.1 Å². The Balaban J connectivity index is 2.43. The fourth-order valence-corrected chi connectivity index (χ4v) is 1.47. The highest BCUT2D eigenvalue weighted by atomic mass is 16.5. The molecule has 94 valence electrons. The topological polar surface area (TPSA) is 81.5 Å². The minimum atomic E-state index is -1.18. The summed E-state index contributed by atoms with van der Waals surface area (Å²) in [4.78, 5) is 18.7. The van der Waals surface area contributed by atoms with Gasteiger partial charge in [0.25, 0.3) is 0 Å². The van der Waals surface area contributed by atoms with Gasteiger partial charge in [-0.2, -0.15) is 4.98 Å². The summed E-state index contributed by atoms with van der Waals surface area (Å²) in [5, 5.41) is 9.61. The van der Waals surface area contributed by atoms with Gasteiger partial charge in [0, 0.05) is 7.11 Å². The van der Waals surface area contributed by atoms with Crippen LogP contribution >= 0.6 is 0 Å². The molecule has 0 fully saturated rings. The first-order chi connectivity index (χ1) is 8.72. The standard InChI is InChI=1S/C12H12N2O4/c1-17-6-7-18-11-8-4-2-3-5-9(8)13-10(14-11)12(15)16/h2-5H,6-7H2,1H3,(H,15,16). The van der Waals surface area contributed by atoms with E-state index in [0.717, 1.165) is 0 Å². The number of hydrogen-bond donors (Lipinski definition) is 1. The number of carboxylic acid groups (broad SMARTS) is 1. The van der Waals surface area contributed by atoms with Crippen molar-refractivity contribution in [3.63, 3.8) is 0 Å². The maximum atomic E-state index is 10.9. The Bertz CT molecular complexity index is 571. The molecule has 6 heteroatoms. The van der Waals surface area contributed by atoms with Gasteiger partial charge in [0.05, 0.1) is 17.5 Å². The van der Waals surface area contributed by atoms with Crippen LogP contribution in [0.1, 0.15) is 10.6 Å². The molecule has 1 aromatic heterocycles. The van der Waals surface area contributed by atoms with Crippen molar-refractivity contribution in [1.29, 1.82) is 0 Å². The molecule has 0 spiro atoms. The predicted molar refractivity (Wildman–Crippen MR) is 63.9 cm³/mol. The lowest BCUT2D eigenvalue weighted by atomic mass is 10.2. The zero-order valence-electron chi connectivity index (χ0n) is 9.79. The Morgan fingerprint density at radius 3 is 2.78 bits per heavy atom. The van der Waals surface area contributed by atoms with Gasteiger partial charge in [0.15, 0.2) is 0 Å². The minimum absolute atomic E-state index is 0.259. The van der Waals surface area contributed by atoms with Crippen molar-refractivity contribution in [2.24, 2.45) is 0 Å². The molecule has 1 heterocycles. The third-order valence-corrected chi connectivity index (χ3v) is 2.29.